The van der Waals surface area contributed by atoms with Gasteiger partial charge in [0.25, 0.3) is 10.0 Å². The Kier molecular flexibility index (Phi) is 3.36. The molecule has 0 fully saturated rings. The normalized spacial score (nSPS) is 24.6. The maximum atomic E-state index is 13.6. The molecule has 0 aromatic heterocycles. The van der Waals surface area contributed by atoms with Crippen LogP contribution in [0, 0.1) is 0 Å². The standard InChI is InChI=1S/C15H14F3NO2S/c16-15(17,18)14(9-4-1-5-10-14)22(20,21)19-11-8-12-6-2-3-7-13(12)19/h1-7,9H,8,10-11H2. The number of sulfonamides is 1. The molecule has 3 rings (SSSR count). The molecule has 0 saturated heterocycles. The summed E-state index contributed by atoms with van der Waals surface area (Å²) in [7, 11) is -4.62. The summed E-state index contributed by atoms with van der Waals surface area (Å²) in [5, 5.41) is 0. The van der Waals surface area contributed by atoms with Crippen molar-refractivity contribution >= 4 is 15.7 Å². The molecule has 7 heteroatoms. The van der Waals surface area contributed by atoms with Gasteiger partial charge in [-0.2, -0.15) is 13.2 Å². The van der Waals surface area contributed by atoms with Crippen LogP contribution in [0.5, 0.6) is 0 Å². The van der Waals surface area contributed by atoms with Gasteiger partial charge in [0.05, 0.1) is 5.69 Å². The lowest BCUT2D eigenvalue weighted by atomic mass is 9.99. The fourth-order valence-corrected chi connectivity index (χ4v) is 4.91. The van der Waals surface area contributed by atoms with Gasteiger partial charge in [-0.15, -0.1) is 0 Å². The van der Waals surface area contributed by atoms with Crippen LogP contribution in [0.1, 0.15) is 12.0 Å². The molecule has 1 aliphatic carbocycles. The molecule has 1 heterocycles. The predicted octanol–water partition coefficient (Wildman–Crippen LogP) is 3.20. The van der Waals surface area contributed by atoms with E-state index in [-0.39, 0.29) is 6.54 Å². The van der Waals surface area contributed by atoms with Gasteiger partial charge in [0.15, 0.2) is 0 Å². The largest absolute Gasteiger partial charge is 0.413 e. The number of benzene rings is 1. The first-order chi connectivity index (χ1) is 10.3. The summed E-state index contributed by atoms with van der Waals surface area (Å²) in [5.74, 6) is 0. The molecule has 1 aliphatic heterocycles. The predicted molar refractivity (Wildman–Crippen MR) is 78.1 cm³/mol. The topological polar surface area (TPSA) is 37.4 Å². The van der Waals surface area contributed by atoms with E-state index >= 15 is 0 Å². The number of alkyl halides is 3. The van der Waals surface area contributed by atoms with Crippen molar-refractivity contribution in [3.63, 3.8) is 0 Å². The molecule has 0 saturated carbocycles. The van der Waals surface area contributed by atoms with Crippen molar-refractivity contribution < 1.29 is 21.6 Å². The smallest absolute Gasteiger partial charge is 0.269 e. The van der Waals surface area contributed by atoms with Gasteiger partial charge in [-0.05, 0) is 24.5 Å². The number of hydrogen-bond acceptors (Lipinski definition) is 2. The number of halogens is 3. The van der Waals surface area contributed by atoms with Crippen LogP contribution >= 0.6 is 0 Å². The molecule has 118 valence electrons. The van der Waals surface area contributed by atoms with E-state index in [1.54, 1.807) is 24.3 Å². The number of fused-ring (bicyclic) bond motifs is 1. The lowest BCUT2D eigenvalue weighted by Crippen LogP contribution is -2.56. The van der Waals surface area contributed by atoms with Gasteiger partial charge < -0.3 is 0 Å². The summed E-state index contributed by atoms with van der Waals surface area (Å²) < 4.78 is 64.6. The van der Waals surface area contributed by atoms with Crippen molar-refractivity contribution in [3.05, 3.63) is 54.1 Å². The SMILES string of the molecule is O=S(=O)(N1CCc2ccccc21)C1(C(F)(F)F)C=CC=CC1. The summed E-state index contributed by atoms with van der Waals surface area (Å²) in [6, 6.07) is 6.66. The fraction of sp³-hybridized carbons (Fsp3) is 0.333. The molecule has 3 nitrogen and oxygen atoms in total. The summed E-state index contributed by atoms with van der Waals surface area (Å²) in [6.45, 7) is 0.0388. The molecule has 0 N–H and O–H groups in total. The zero-order valence-electron chi connectivity index (χ0n) is 11.5. The van der Waals surface area contributed by atoms with Gasteiger partial charge in [-0.25, -0.2) is 8.42 Å². The van der Waals surface area contributed by atoms with Gasteiger partial charge in [0, 0.05) is 6.54 Å². The molecular weight excluding hydrogens is 315 g/mol. The highest BCUT2D eigenvalue weighted by Gasteiger charge is 2.64. The molecule has 1 aromatic rings. The third kappa shape index (κ3) is 1.99. The van der Waals surface area contributed by atoms with Crippen molar-refractivity contribution in [3.8, 4) is 0 Å². The highest BCUT2D eigenvalue weighted by molar-refractivity contribution is 7.94. The minimum absolute atomic E-state index is 0.0388. The highest BCUT2D eigenvalue weighted by Crippen LogP contribution is 2.46. The molecule has 2 aliphatic rings. The monoisotopic (exact) mass is 329 g/mol. The summed E-state index contributed by atoms with van der Waals surface area (Å²) in [6.07, 6.45) is -0.494. The second kappa shape index (κ2) is 4.87. The quantitative estimate of drug-likeness (QED) is 0.836. The van der Waals surface area contributed by atoms with E-state index in [0.29, 0.717) is 12.1 Å². The Morgan fingerprint density at radius 2 is 1.86 bits per heavy atom. The molecule has 1 atom stereocenters. The fourth-order valence-electron chi connectivity index (χ4n) is 2.90. The number of hydrogen-bond donors (Lipinski definition) is 0. The third-order valence-electron chi connectivity index (χ3n) is 4.11. The van der Waals surface area contributed by atoms with Crippen LogP contribution in [0.4, 0.5) is 18.9 Å². The molecule has 22 heavy (non-hydrogen) atoms. The Labute approximate surface area is 126 Å². The maximum absolute atomic E-state index is 13.6. The summed E-state index contributed by atoms with van der Waals surface area (Å²) >= 11 is 0. The number of nitrogens with zero attached hydrogens (tertiary/aromatic N) is 1. The first-order valence-electron chi connectivity index (χ1n) is 6.81. The van der Waals surface area contributed by atoms with E-state index in [2.05, 4.69) is 0 Å². The van der Waals surface area contributed by atoms with Crippen LogP contribution in [0.15, 0.2) is 48.6 Å². The van der Waals surface area contributed by atoms with E-state index < -0.39 is 27.4 Å². The average molecular weight is 329 g/mol. The first kappa shape index (κ1) is 15.1. The van der Waals surface area contributed by atoms with Gasteiger partial charge >= 0.3 is 6.18 Å². The van der Waals surface area contributed by atoms with Crippen molar-refractivity contribution in [1.29, 1.82) is 0 Å². The van der Waals surface area contributed by atoms with E-state index in [1.165, 1.54) is 12.2 Å². The van der Waals surface area contributed by atoms with Crippen LogP contribution < -0.4 is 4.31 Å². The Bertz CT molecular complexity index is 752. The maximum Gasteiger partial charge on any atom is 0.413 e. The third-order valence-corrected chi connectivity index (χ3v) is 6.52. The summed E-state index contributed by atoms with van der Waals surface area (Å²) in [5.41, 5.74) is 1.09. The van der Waals surface area contributed by atoms with Gasteiger partial charge in [0.1, 0.15) is 0 Å². The van der Waals surface area contributed by atoms with Gasteiger partial charge in [0.2, 0.25) is 4.75 Å². The molecule has 1 aromatic carbocycles. The van der Waals surface area contributed by atoms with Crippen LogP contribution in [0.2, 0.25) is 0 Å². The Balaban J connectivity index is 2.13. The minimum Gasteiger partial charge on any atom is -0.269 e. The zero-order valence-corrected chi connectivity index (χ0v) is 12.4. The Morgan fingerprint density at radius 1 is 1.14 bits per heavy atom. The molecule has 1 unspecified atom stereocenters. The lowest BCUT2D eigenvalue weighted by Gasteiger charge is -2.36. The van der Waals surface area contributed by atoms with E-state index in [1.807, 2.05) is 0 Å². The van der Waals surface area contributed by atoms with Gasteiger partial charge in [-0.3, -0.25) is 4.31 Å². The number of para-hydroxylation sites is 1. The van der Waals surface area contributed by atoms with Crippen molar-refractivity contribution in [2.45, 2.75) is 23.8 Å². The van der Waals surface area contributed by atoms with Crippen LogP contribution in [0.25, 0.3) is 0 Å². The number of allylic oxidation sites excluding steroid dienone is 3. The van der Waals surface area contributed by atoms with Crippen LogP contribution in [-0.2, 0) is 16.4 Å². The van der Waals surface area contributed by atoms with Crippen molar-refractivity contribution in [2.75, 3.05) is 10.8 Å². The second-order valence-electron chi connectivity index (χ2n) is 5.33. The van der Waals surface area contributed by atoms with Crippen LogP contribution in [-0.4, -0.2) is 25.9 Å². The van der Waals surface area contributed by atoms with E-state index in [0.717, 1.165) is 22.0 Å². The van der Waals surface area contributed by atoms with Crippen LogP contribution in [0.3, 0.4) is 0 Å². The van der Waals surface area contributed by atoms with Crippen molar-refractivity contribution in [1.82, 2.24) is 0 Å². The Morgan fingerprint density at radius 3 is 2.50 bits per heavy atom. The highest BCUT2D eigenvalue weighted by atomic mass is 32.2. The average Bonchev–Trinajstić information content (AvgIpc) is 2.91. The Hall–Kier alpha value is -1.76. The van der Waals surface area contributed by atoms with Crippen molar-refractivity contribution in [2.24, 2.45) is 0 Å². The van der Waals surface area contributed by atoms with E-state index in [9.17, 15) is 21.6 Å². The molecule has 0 amide bonds. The molecule has 0 bridgehead atoms. The number of anilines is 1. The molecular formula is C15H14F3NO2S. The minimum atomic E-state index is -4.88. The molecule has 0 spiro atoms. The second-order valence-corrected chi connectivity index (χ2v) is 7.45. The van der Waals surface area contributed by atoms with E-state index in [4.69, 9.17) is 0 Å². The lowest BCUT2D eigenvalue weighted by molar-refractivity contribution is -0.149. The first-order valence-corrected chi connectivity index (χ1v) is 8.25. The number of rotatable bonds is 2. The van der Waals surface area contributed by atoms with Gasteiger partial charge in [-0.1, -0.05) is 42.5 Å². The summed E-state index contributed by atoms with van der Waals surface area (Å²) in [4.78, 5) is 0. The molecule has 0 radical (unpaired) electrons. The zero-order chi connectivity index (χ0) is 16.0.